The summed E-state index contributed by atoms with van der Waals surface area (Å²) in [5.41, 5.74) is 6.64. The average Bonchev–Trinajstić information content (AvgIpc) is 2.66. The van der Waals surface area contributed by atoms with Crippen LogP contribution in [0.3, 0.4) is 0 Å². The predicted octanol–water partition coefficient (Wildman–Crippen LogP) is 2.86. The molecule has 25 heavy (non-hydrogen) atoms. The van der Waals surface area contributed by atoms with Gasteiger partial charge in [0.25, 0.3) is 11.8 Å². The van der Waals surface area contributed by atoms with Crippen molar-refractivity contribution in [2.75, 3.05) is 19.6 Å². The zero-order valence-electron chi connectivity index (χ0n) is 15.1. The molecule has 0 aromatic heterocycles. The molecule has 0 atom stereocenters. The van der Waals surface area contributed by atoms with Crippen LogP contribution in [0.1, 0.15) is 72.1 Å². The molecule has 0 heterocycles. The minimum atomic E-state index is -0.0955. The molecule has 1 aromatic carbocycles. The van der Waals surface area contributed by atoms with Gasteiger partial charge in [-0.25, -0.2) is 0 Å². The maximum Gasteiger partial charge on any atom is 0.251 e. The van der Waals surface area contributed by atoms with Gasteiger partial charge in [0.2, 0.25) is 0 Å². The van der Waals surface area contributed by atoms with E-state index in [0.717, 1.165) is 25.8 Å². The number of nitrogens with one attached hydrogen (secondary N) is 2. The molecular weight excluding hydrogens is 314 g/mol. The smallest absolute Gasteiger partial charge is 0.251 e. The Hall–Kier alpha value is -1.88. The molecule has 4 N–H and O–H groups in total. The number of nitrogens with two attached hydrogens (primary N) is 1. The molecule has 0 bridgehead atoms. The lowest BCUT2D eigenvalue weighted by molar-refractivity contribution is 0.0935. The Morgan fingerprint density at radius 1 is 0.880 bits per heavy atom. The van der Waals surface area contributed by atoms with Crippen molar-refractivity contribution in [3.05, 3.63) is 35.4 Å². The molecule has 1 aliphatic carbocycles. The number of unbranched alkanes of at least 4 members (excludes halogenated alkanes) is 2. The van der Waals surface area contributed by atoms with Crippen LogP contribution in [0.4, 0.5) is 0 Å². The molecule has 5 nitrogen and oxygen atoms in total. The van der Waals surface area contributed by atoms with Gasteiger partial charge in [0.15, 0.2) is 0 Å². The van der Waals surface area contributed by atoms with Gasteiger partial charge in [0, 0.05) is 24.2 Å². The fourth-order valence-electron chi connectivity index (χ4n) is 3.25. The van der Waals surface area contributed by atoms with Gasteiger partial charge < -0.3 is 16.4 Å². The van der Waals surface area contributed by atoms with Crippen LogP contribution in [0, 0.1) is 5.92 Å². The quantitative estimate of drug-likeness (QED) is 0.602. The van der Waals surface area contributed by atoms with E-state index in [1.807, 2.05) is 0 Å². The normalized spacial score (nSPS) is 14.9. The lowest BCUT2D eigenvalue weighted by Gasteiger charge is -2.21. The lowest BCUT2D eigenvalue weighted by atomic mass is 9.89. The number of carbonyl (C=O) groups is 2. The maximum atomic E-state index is 12.2. The van der Waals surface area contributed by atoms with Crippen molar-refractivity contribution >= 4 is 11.8 Å². The summed E-state index contributed by atoms with van der Waals surface area (Å²) in [5, 5.41) is 5.92. The number of hydrogen-bond donors (Lipinski definition) is 3. The van der Waals surface area contributed by atoms with E-state index < -0.39 is 0 Å². The first kappa shape index (κ1) is 19.4. The zero-order valence-corrected chi connectivity index (χ0v) is 15.1. The van der Waals surface area contributed by atoms with Gasteiger partial charge in [-0.2, -0.15) is 0 Å². The second-order valence-electron chi connectivity index (χ2n) is 6.90. The van der Waals surface area contributed by atoms with Crippen LogP contribution >= 0.6 is 0 Å². The topological polar surface area (TPSA) is 84.2 Å². The number of amides is 2. The fraction of sp³-hybridized carbons (Fsp3) is 0.600. The second kappa shape index (κ2) is 10.9. The Morgan fingerprint density at radius 2 is 1.48 bits per heavy atom. The molecule has 0 spiro atoms. The average molecular weight is 345 g/mol. The highest BCUT2D eigenvalue weighted by Gasteiger charge is 2.15. The molecule has 0 radical (unpaired) electrons. The van der Waals surface area contributed by atoms with Crippen LogP contribution in [0.25, 0.3) is 0 Å². The molecular formula is C20H31N3O2. The highest BCUT2D eigenvalue weighted by Crippen LogP contribution is 2.22. The van der Waals surface area contributed by atoms with Gasteiger partial charge in [-0.3, -0.25) is 9.59 Å². The Balaban J connectivity index is 1.74. The third-order valence-corrected chi connectivity index (χ3v) is 4.85. The minimum Gasteiger partial charge on any atom is -0.352 e. The van der Waals surface area contributed by atoms with Crippen LogP contribution in [0.5, 0.6) is 0 Å². The monoisotopic (exact) mass is 345 g/mol. The van der Waals surface area contributed by atoms with Gasteiger partial charge in [-0.05, 0) is 62.4 Å². The van der Waals surface area contributed by atoms with E-state index in [4.69, 9.17) is 5.73 Å². The zero-order chi connectivity index (χ0) is 17.9. The van der Waals surface area contributed by atoms with Gasteiger partial charge in [0.05, 0.1) is 0 Å². The molecule has 0 saturated heterocycles. The summed E-state index contributed by atoms with van der Waals surface area (Å²) >= 11 is 0. The van der Waals surface area contributed by atoms with Gasteiger partial charge >= 0.3 is 0 Å². The van der Waals surface area contributed by atoms with Gasteiger partial charge in [-0.15, -0.1) is 0 Å². The lowest BCUT2D eigenvalue weighted by Crippen LogP contribution is -2.30. The summed E-state index contributed by atoms with van der Waals surface area (Å²) in [5.74, 6) is 0.461. The highest BCUT2D eigenvalue weighted by atomic mass is 16.2. The first-order valence-corrected chi connectivity index (χ1v) is 9.57. The number of benzene rings is 1. The standard InChI is InChI=1S/C20H31N3O2/c21-13-5-2-6-14-22-19(24)17-9-11-18(12-10-17)20(25)23-15-16-7-3-1-4-8-16/h9-12,16H,1-8,13-15,21H2,(H,22,24)(H,23,25). The summed E-state index contributed by atoms with van der Waals surface area (Å²) in [6.45, 7) is 2.10. The number of hydrogen-bond acceptors (Lipinski definition) is 3. The van der Waals surface area contributed by atoms with E-state index in [9.17, 15) is 9.59 Å². The summed E-state index contributed by atoms with van der Waals surface area (Å²) in [6.07, 6.45) is 9.24. The summed E-state index contributed by atoms with van der Waals surface area (Å²) in [4.78, 5) is 24.3. The van der Waals surface area contributed by atoms with Crippen molar-refractivity contribution in [3.63, 3.8) is 0 Å². The first-order valence-electron chi connectivity index (χ1n) is 9.57. The highest BCUT2D eigenvalue weighted by molar-refractivity contribution is 5.97. The number of carbonyl (C=O) groups excluding carboxylic acids is 2. The summed E-state index contributed by atoms with van der Waals surface area (Å²) in [6, 6.07) is 6.87. The maximum absolute atomic E-state index is 12.2. The molecule has 138 valence electrons. The van der Waals surface area contributed by atoms with Crippen molar-refractivity contribution in [3.8, 4) is 0 Å². The first-order chi connectivity index (χ1) is 12.2. The molecule has 2 rings (SSSR count). The fourth-order valence-corrected chi connectivity index (χ4v) is 3.25. The van der Waals surface area contributed by atoms with E-state index in [1.54, 1.807) is 24.3 Å². The van der Waals surface area contributed by atoms with Crippen molar-refractivity contribution in [2.24, 2.45) is 11.7 Å². The van der Waals surface area contributed by atoms with E-state index in [2.05, 4.69) is 10.6 Å². The largest absolute Gasteiger partial charge is 0.352 e. The minimum absolute atomic E-state index is 0.0562. The van der Waals surface area contributed by atoms with Gasteiger partial charge in [0.1, 0.15) is 0 Å². The predicted molar refractivity (Wildman–Crippen MR) is 101 cm³/mol. The molecule has 0 aliphatic heterocycles. The molecule has 1 fully saturated rings. The Kier molecular flexibility index (Phi) is 8.46. The van der Waals surface area contributed by atoms with E-state index in [1.165, 1.54) is 32.1 Å². The molecule has 5 heteroatoms. The van der Waals surface area contributed by atoms with E-state index in [-0.39, 0.29) is 11.8 Å². The summed E-state index contributed by atoms with van der Waals surface area (Å²) in [7, 11) is 0. The van der Waals surface area contributed by atoms with Crippen molar-refractivity contribution in [1.82, 2.24) is 10.6 Å². The SMILES string of the molecule is NCCCCCNC(=O)c1ccc(C(=O)NCC2CCCCC2)cc1. The van der Waals surface area contributed by atoms with E-state index in [0.29, 0.717) is 30.1 Å². The molecule has 1 aromatic rings. The van der Waals surface area contributed by atoms with Crippen LogP contribution in [0.2, 0.25) is 0 Å². The third-order valence-electron chi connectivity index (χ3n) is 4.85. The van der Waals surface area contributed by atoms with Crippen LogP contribution in [-0.4, -0.2) is 31.4 Å². The van der Waals surface area contributed by atoms with Crippen LogP contribution < -0.4 is 16.4 Å². The van der Waals surface area contributed by atoms with Crippen molar-refractivity contribution in [2.45, 2.75) is 51.4 Å². The van der Waals surface area contributed by atoms with E-state index >= 15 is 0 Å². The molecule has 1 saturated carbocycles. The Bertz CT molecular complexity index is 536. The Labute approximate surface area is 150 Å². The number of rotatable bonds is 9. The molecule has 0 unspecified atom stereocenters. The molecule has 1 aliphatic rings. The van der Waals surface area contributed by atoms with Crippen LogP contribution in [-0.2, 0) is 0 Å². The third kappa shape index (κ3) is 6.86. The van der Waals surface area contributed by atoms with Crippen molar-refractivity contribution in [1.29, 1.82) is 0 Å². The summed E-state index contributed by atoms with van der Waals surface area (Å²) < 4.78 is 0. The van der Waals surface area contributed by atoms with Crippen LogP contribution in [0.15, 0.2) is 24.3 Å². The van der Waals surface area contributed by atoms with Gasteiger partial charge in [-0.1, -0.05) is 25.7 Å². The Morgan fingerprint density at radius 3 is 2.08 bits per heavy atom. The second-order valence-corrected chi connectivity index (χ2v) is 6.90. The molecule has 2 amide bonds. The van der Waals surface area contributed by atoms with Crippen molar-refractivity contribution < 1.29 is 9.59 Å².